The van der Waals surface area contributed by atoms with Crippen LogP contribution >= 0.6 is 15.9 Å². The fraction of sp³-hybridized carbons (Fsp3) is 0.200. The van der Waals surface area contributed by atoms with Gasteiger partial charge in [-0.05, 0) is 13.0 Å². The smallest absolute Gasteiger partial charge is 0.166 e. The summed E-state index contributed by atoms with van der Waals surface area (Å²) in [7, 11) is 0. The van der Waals surface area contributed by atoms with E-state index in [1.165, 1.54) is 6.07 Å². The van der Waals surface area contributed by atoms with Crippen molar-refractivity contribution in [3.8, 4) is 0 Å². The number of hydrogen-bond donors (Lipinski definition) is 0. The Morgan fingerprint density at radius 1 is 1.46 bits per heavy atom. The van der Waals surface area contributed by atoms with E-state index in [-0.39, 0.29) is 5.56 Å². The number of rotatable bonds is 2. The van der Waals surface area contributed by atoms with Gasteiger partial charge >= 0.3 is 0 Å². The van der Waals surface area contributed by atoms with E-state index < -0.39 is 11.6 Å². The maximum Gasteiger partial charge on any atom is 0.166 e. The lowest BCUT2D eigenvalue weighted by Crippen LogP contribution is -1.88. The number of halogens is 3. The SMILES string of the molecule is CC(=Cc1cccc(F)c1F)CBr. The van der Waals surface area contributed by atoms with Crippen LogP contribution in [0.1, 0.15) is 12.5 Å². The van der Waals surface area contributed by atoms with Crippen molar-refractivity contribution in [3.05, 3.63) is 41.0 Å². The van der Waals surface area contributed by atoms with Gasteiger partial charge in [0.05, 0.1) is 0 Å². The van der Waals surface area contributed by atoms with E-state index in [0.29, 0.717) is 5.33 Å². The first-order chi connectivity index (χ1) is 6.15. The standard InChI is InChI=1S/C10H9BrF2/c1-7(6-11)5-8-3-2-4-9(12)10(8)13/h2-5H,6H2,1H3. The lowest BCUT2D eigenvalue weighted by atomic mass is 10.1. The van der Waals surface area contributed by atoms with E-state index in [1.807, 2.05) is 6.92 Å². The first-order valence-corrected chi connectivity index (χ1v) is 4.94. The van der Waals surface area contributed by atoms with Crippen LogP contribution in [0.2, 0.25) is 0 Å². The molecule has 0 atom stereocenters. The number of benzene rings is 1. The Labute approximate surface area is 84.4 Å². The fourth-order valence-corrected chi connectivity index (χ4v) is 1.10. The Bertz CT molecular complexity index is 332. The molecule has 0 aliphatic rings. The minimum atomic E-state index is -0.809. The van der Waals surface area contributed by atoms with Gasteiger partial charge in [-0.1, -0.05) is 39.7 Å². The zero-order valence-corrected chi connectivity index (χ0v) is 8.74. The topological polar surface area (TPSA) is 0 Å². The van der Waals surface area contributed by atoms with Gasteiger partial charge < -0.3 is 0 Å². The number of alkyl halides is 1. The summed E-state index contributed by atoms with van der Waals surface area (Å²) in [6.07, 6.45) is 1.62. The highest BCUT2D eigenvalue weighted by Crippen LogP contribution is 2.15. The lowest BCUT2D eigenvalue weighted by molar-refractivity contribution is 0.507. The normalized spacial score (nSPS) is 11.8. The van der Waals surface area contributed by atoms with Crippen LogP contribution in [0.4, 0.5) is 8.78 Å². The van der Waals surface area contributed by atoms with Crippen LogP contribution in [0.5, 0.6) is 0 Å². The average molecular weight is 247 g/mol. The molecule has 0 fully saturated rings. The number of hydrogen-bond acceptors (Lipinski definition) is 0. The fourth-order valence-electron chi connectivity index (χ4n) is 0.936. The van der Waals surface area contributed by atoms with E-state index in [9.17, 15) is 8.78 Å². The van der Waals surface area contributed by atoms with Crippen LogP contribution in [0.3, 0.4) is 0 Å². The second-order valence-corrected chi connectivity index (χ2v) is 3.33. The van der Waals surface area contributed by atoms with Crippen molar-refractivity contribution in [1.29, 1.82) is 0 Å². The van der Waals surface area contributed by atoms with E-state index in [0.717, 1.165) is 11.6 Å². The van der Waals surface area contributed by atoms with Crippen LogP contribution in [0.15, 0.2) is 23.8 Å². The second kappa shape index (κ2) is 4.51. The average Bonchev–Trinajstić information content (AvgIpc) is 2.13. The van der Waals surface area contributed by atoms with Gasteiger partial charge in [0.15, 0.2) is 11.6 Å². The Balaban J connectivity index is 3.09. The molecule has 1 aromatic rings. The molecule has 70 valence electrons. The van der Waals surface area contributed by atoms with Crippen molar-refractivity contribution in [3.63, 3.8) is 0 Å². The third-order valence-electron chi connectivity index (χ3n) is 1.59. The van der Waals surface area contributed by atoms with Crippen LogP contribution < -0.4 is 0 Å². The number of allylic oxidation sites excluding steroid dienone is 1. The summed E-state index contributed by atoms with van der Waals surface area (Å²) in [5.41, 5.74) is 1.24. The summed E-state index contributed by atoms with van der Waals surface area (Å²) in [5, 5.41) is 0.656. The molecule has 0 aromatic heterocycles. The zero-order chi connectivity index (χ0) is 9.84. The Hall–Kier alpha value is -0.700. The summed E-state index contributed by atoms with van der Waals surface area (Å²) in [6, 6.07) is 4.15. The minimum Gasteiger partial charge on any atom is -0.204 e. The largest absolute Gasteiger partial charge is 0.204 e. The molecule has 0 N–H and O–H groups in total. The molecule has 0 aliphatic heterocycles. The van der Waals surface area contributed by atoms with Crippen molar-refractivity contribution in [2.45, 2.75) is 6.92 Å². The van der Waals surface area contributed by atoms with Crippen LogP contribution in [-0.4, -0.2) is 5.33 Å². The summed E-state index contributed by atoms with van der Waals surface area (Å²) in [4.78, 5) is 0. The van der Waals surface area contributed by atoms with Crippen LogP contribution in [0.25, 0.3) is 6.08 Å². The van der Waals surface area contributed by atoms with E-state index in [4.69, 9.17) is 0 Å². The molecular weight excluding hydrogens is 238 g/mol. The summed E-state index contributed by atoms with van der Waals surface area (Å²) in [6.45, 7) is 1.85. The molecule has 0 aliphatic carbocycles. The van der Waals surface area contributed by atoms with E-state index >= 15 is 0 Å². The third-order valence-corrected chi connectivity index (χ3v) is 2.48. The monoisotopic (exact) mass is 246 g/mol. The Kier molecular flexibility index (Phi) is 3.60. The third kappa shape index (κ3) is 2.62. The quantitative estimate of drug-likeness (QED) is 0.698. The first kappa shape index (κ1) is 10.4. The van der Waals surface area contributed by atoms with E-state index in [2.05, 4.69) is 15.9 Å². The molecular formula is C10H9BrF2. The lowest BCUT2D eigenvalue weighted by Gasteiger charge is -1.99. The van der Waals surface area contributed by atoms with Crippen molar-refractivity contribution in [1.82, 2.24) is 0 Å². The van der Waals surface area contributed by atoms with Gasteiger partial charge in [-0.15, -0.1) is 0 Å². The van der Waals surface area contributed by atoms with Crippen molar-refractivity contribution < 1.29 is 8.78 Å². The van der Waals surface area contributed by atoms with Gasteiger partial charge in [-0.3, -0.25) is 0 Å². The molecule has 13 heavy (non-hydrogen) atoms. The second-order valence-electron chi connectivity index (χ2n) is 2.77. The predicted molar refractivity (Wildman–Crippen MR) is 53.8 cm³/mol. The summed E-state index contributed by atoms with van der Waals surface area (Å²) >= 11 is 3.23. The minimum absolute atomic E-state index is 0.289. The maximum absolute atomic E-state index is 13.1. The molecule has 0 amide bonds. The molecule has 0 nitrogen and oxygen atoms in total. The zero-order valence-electron chi connectivity index (χ0n) is 7.15. The highest BCUT2D eigenvalue weighted by molar-refractivity contribution is 9.09. The summed E-state index contributed by atoms with van der Waals surface area (Å²) < 4.78 is 25.8. The first-order valence-electron chi connectivity index (χ1n) is 3.82. The summed E-state index contributed by atoms with van der Waals surface area (Å²) in [5.74, 6) is -1.60. The van der Waals surface area contributed by atoms with Gasteiger partial charge in [0.2, 0.25) is 0 Å². The van der Waals surface area contributed by atoms with Gasteiger partial charge in [0, 0.05) is 10.9 Å². The van der Waals surface area contributed by atoms with Gasteiger partial charge in [-0.25, -0.2) is 8.78 Å². The molecule has 0 unspecified atom stereocenters. The molecule has 0 radical (unpaired) electrons. The molecule has 0 heterocycles. The molecule has 0 spiro atoms. The van der Waals surface area contributed by atoms with Crippen molar-refractivity contribution in [2.75, 3.05) is 5.33 Å². The predicted octanol–water partition coefficient (Wildman–Crippen LogP) is 3.76. The highest BCUT2D eigenvalue weighted by Gasteiger charge is 2.04. The molecule has 1 aromatic carbocycles. The molecule has 0 saturated carbocycles. The molecule has 0 bridgehead atoms. The van der Waals surface area contributed by atoms with Crippen molar-refractivity contribution in [2.24, 2.45) is 0 Å². The Morgan fingerprint density at radius 3 is 2.77 bits per heavy atom. The van der Waals surface area contributed by atoms with Gasteiger partial charge in [0.1, 0.15) is 0 Å². The van der Waals surface area contributed by atoms with E-state index in [1.54, 1.807) is 12.1 Å². The molecule has 1 rings (SSSR count). The highest BCUT2D eigenvalue weighted by atomic mass is 79.9. The van der Waals surface area contributed by atoms with Gasteiger partial charge in [0.25, 0.3) is 0 Å². The molecule has 0 saturated heterocycles. The molecule has 3 heteroatoms. The maximum atomic E-state index is 13.1. The van der Waals surface area contributed by atoms with Gasteiger partial charge in [-0.2, -0.15) is 0 Å². The Morgan fingerprint density at radius 2 is 2.15 bits per heavy atom. The van der Waals surface area contributed by atoms with Crippen LogP contribution in [0, 0.1) is 11.6 Å². The van der Waals surface area contributed by atoms with Crippen molar-refractivity contribution >= 4 is 22.0 Å². The van der Waals surface area contributed by atoms with Crippen LogP contribution in [-0.2, 0) is 0 Å².